The molecule has 4 nitrogen and oxygen atoms in total. The average molecular weight is 377 g/mol. The number of rotatable bonds is 7. The Hall–Kier alpha value is -1.47. The van der Waals surface area contributed by atoms with Gasteiger partial charge < -0.3 is 4.74 Å². The summed E-state index contributed by atoms with van der Waals surface area (Å²) in [6.07, 6.45) is 0.689. The van der Waals surface area contributed by atoms with Gasteiger partial charge >= 0.3 is 0 Å². The third kappa shape index (κ3) is 4.20. The summed E-state index contributed by atoms with van der Waals surface area (Å²) < 4.78 is 35.4. The highest BCUT2D eigenvalue weighted by atomic mass is 32.2. The summed E-state index contributed by atoms with van der Waals surface area (Å²) in [5, 5.41) is 1.36. The largest absolute Gasteiger partial charge is 0.373 e. The average Bonchev–Trinajstić information content (AvgIpc) is 3.36. The lowest BCUT2D eigenvalue weighted by Gasteiger charge is -2.20. The van der Waals surface area contributed by atoms with Crippen molar-refractivity contribution in [2.24, 2.45) is 0 Å². The number of hydrogen-bond donors (Lipinski definition) is 0. The summed E-state index contributed by atoms with van der Waals surface area (Å²) in [4.78, 5) is 0.199. The Morgan fingerprint density at radius 2 is 1.68 bits per heavy atom. The van der Waals surface area contributed by atoms with E-state index in [0.29, 0.717) is 6.42 Å². The molecule has 0 spiro atoms. The lowest BCUT2D eigenvalue weighted by molar-refractivity contribution is 0.285. The van der Waals surface area contributed by atoms with E-state index in [0.717, 1.165) is 5.56 Å². The normalized spacial score (nSPS) is 20.4. The molecular formula is C19H24O4SSi. The highest BCUT2D eigenvalue weighted by Crippen LogP contribution is 2.33. The molecule has 134 valence electrons. The number of ether oxygens (including phenoxy) is 1. The van der Waals surface area contributed by atoms with E-state index in [9.17, 15) is 8.42 Å². The van der Waals surface area contributed by atoms with Gasteiger partial charge in [-0.15, -0.1) is 0 Å². The first-order valence-corrected chi connectivity index (χ1v) is 13.0. The van der Waals surface area contributed by atoms with Crippen LogP contribution in [0.4, 0.5) is 0 Å². The zero-order valence-electron chi connectivity index (χ0n) is 14.8. The molecule has 1 fully saturated rings. The Kier molecular flexibility index (Phi) is 5.15. The van der Waals surface area contributed by atoms with Gasteiger partial charge in [0.25, 0.3) is 10.1 Å². The number of hydrogen-bond acceptors (Lipinski definition) is 4. The fraction of sp³-hybridized carbons (Fsp3) is 0.368. The van der Waals surface area contributed by atoms with Crippen LogP contribution in [0.2, 0.25) is 13.1 Å². The topological polar surface area (TPSA) is 55.9 Å². The quantitative estimate of drug-likeness (QED) is 0.423. The lowest BCUT2D eigenvalue weighted by atomic mass is 10.2. The van der Waals surface area contributed by atoms with Crippen LogP contribution in [-0.2, 0) is 19.0 Å². The minimum Gasteiger partial charge on any atom is -0.373 e. The molecule has 3 rings (SSSR count). The SMILES string of the molecule is Cc1ccc(S(=O)(=O)OCC[C@@H]2O[C@@H]2[Si](C)(C)c2ccccc2)cc1. The van der Waals surface area contributed by atoms with Gasteiger partial charge in [0.1, 0.15) is 8.07 Å². The molecule has 2 aromatic rings. The van der Waals surface area contributed by atoms with Crippen LogP contribution in [0.1, 0.15) is 12.0 Å². The second kappa shape index (κ2) is 7.03. The van der Waals surface area contributed by atoms with Gasteiger partial charge in [0.15, 0.2) is 0 Å². The van der Waals surface area contributed by atoms with Crippen LogP contribution in [0, 0.1) is 6.92 Å². The second-order valence-corrected chi connectivity index (χ2v) is 13.3. The van der Waals surface area contributed by atoms with Gasteiger partial charge in [-0.25, -0.2) is 0 Å². The molecule has 0 aromatic heterocycles. The molecular weight excluding hydrogens is 352 g/mol. The minimum absolute atomic E-state index is 0.0927. The van der Waals surface area contributed by atoms with Crippen molar-refractivity contribution in [1.29, 1.82) is 0 Å². The van der Waals surface area contributed by atoms with E-state index in [-0.39, 0.29) is 23.3 Å². The van der Waals surface area contributed by atoms with Crippen LogP contribution < -0.4 is 5.19 Å². The Morgan fingerprint density at radius 1 is 1.04 bits per heavy atom. The molecule has 2 atom stereocenters. The molecule has 0 bridgehead atoms. The van der Waals surface area contributed by atoms with Crippen molar-refractivity contribution >= 4 is 23.4 Å². The van der Waals surface area contributed by atoms with Crippen molar-refractivity contribution in [3.63, 3.8) is 0 Å². The van der Waals surface area contributed by atoms with Crippen LogP contribution in [0.15, 0.2) is 59.5 Å². The zero-order valence-corrected chi connectivity index (χ0v) is 16.6. The molecule has 1 saturated heterocycles. The smallest absolute Gasteiger partial charge is 0.296 e. The first-order valence-electron chi connectivity index (χ1n) is 8.48. The van der Waals surface area contributed by atoms with E-state index >= 15 is 0 Å². The maximum Gasteiger partial charge on any atom is 0.296 e. The maximum absolute atomic E-state index is 12.2. The van der Waals surface area contributed by atoms with E-state index in [2.05, 4.69) is 37.4 Å². The van der Waals surface area contributed by atoms with Crippen LogP contribution in [-0.4, -0.2) is 34.9 Å². The molecule has 0 amide bonds. The molecule has 0 unspecified atom stereocenters. The fourth-order valence-corrected chi connectivity index (χ4v) is 6.99. The standard InChI is InChI=1S/C19H24O4SSi/c1-15-9-11-16(12-10-15)24(20,21)22-14-13-18-19(23-18)25(2,3)17-7-5-4-6-8-17/h4-12,18-19H,13-14H2,1-3H3/t18-,19+/m0/s1. The van der Waals surface area contributed by atoms with E-state index in [1.54, 1.807) is 24.3 Å². The molecule has 0 N–H and O–H groups in total. The lowest BCUT2D eigenvalue weighted by Crippen LogP contribution is -2.48. The van der Waals surface area contributed by atoms with Crippen molar-refractivity contribution in [2.45, 2.75) is 43.2 Å². The molecule has 0 radical (unpaired) electrons. The van der Waals surface area contributed by atoms with Crippen LogP contribution in [0.3, 0.4) is 0 Å². The second-order valence-electron chi connectivity index (χ2n) is 7.06. The van der Waals surface area contributed by atoms with Gasteiger partial charge in [0.05, 0.1) is 23.3 Å². The van der Waals surface area contributed by atoms with Gasteiger partial charge in [-0.3, -0.25) is 4.18 Å². The molecule has 0 aliphatic carbocycles. The van der Waals surface area contributed by atoms with Crippen molar-refractivity contribution in [3.05, 3.63) is 60.2 Å². The minimum atomic E-state index is -3.69. The molecule has 25 heavy (non-hydrogen) atoms. The first kappa shape index (κ1) is 18.3. The van der Waals surface area contributed by atoms with Gasteiger partial charge in [0.2, 0.25) is 0 Å². The van der Waals surface area contributed by atoms with E-state index in [1.165, 1.54) is 5.19 Å². The fourth-order valence-electron chi connectivity index (χ4n) is 3.08. The summed E-state index contributed by atoms with van der Waals surface area (Å²) in [5.41, 5.74) is 1.24. The summed E-state index contributed by atoms with van der Waals surface area (Å²) in [6, 6.07) is 17.1. The van der Waals surface area contributed by atoms with Crippen molar-refractivity contribution in [2.75, 3.05) is 6.61 Å². The van der Waals surface area contributed by atoms with Gasteiger partial charge in [0, 0.05) is 6.42 Å². The molecule has 2 aromatic carbocycles. The van der Waals surface area contributed by atoms with E-state index < -0.39 is 18.2 Å². The highest BCUT2D eigenvalue weighted by molar-refractivity contribution is 7.86. The predicted octanol–water partition coefficient (Wildman–Crippen LogP) is 3.01. The first-order chi connectivity index (χ1) is 11.8. The van der Waals surface area contributed by atoms with Gasteiger partial charge in [-0.2, -0.15) is 8.42 Å². The van der Waals surface area contributed by atoms with Crippen LogP contribution in [0.5, 0.6) is 0 Å². The Balaban J connectivity index is 1.53. The zero-order chi connectivity index (χ0) is 18.1. The van der Waals surface area contributed by atoms with Gasteiger partial charge in [-0.05, 0) is 19.1 Å². The Labute approximate surface area is 150 Å². The monoisotopic (exact) mass is 376 g/mol. The van der Waals surface area contributed by atoms with Crippen LogP contribution in [0.25, 0.3) is 0 Å². The Morgan fingerprint density at radius 3 is 2.32 bits per heavy atom. The summed E-state index contributed by atoms with van der Waals surface area (Å²) >= 11 is 0. The molecule has 0 saturated carbocycles. The van der Waals surface area contributed by atoms with E-state index in [1.807, 2.05) is 13.0 Å². The highest BCUT2D eigenvalue weighted by Gasteiger charge is 2.51. The Bertz CT molecular complexity index is 816. The summed E-state index contributed by atoms with van der Waals surface area (Å²) in [5.74, 6) is 0. The van der Waals surface area contributed by atoms with Crippen molar-refractivity contribution in [1.82, 2.24) is 0 Å². The predicted molar refractivity (Wildman–Crippen MR) is 101 cm³/mol. The number of benzene rings is 2. The van der Waals surface area contributed by atoms with Crippen molar-refractivity contribution < 1.29 is 17.3 Å². The number of epoxide rings is 1. The van der Waals surface area contributed by atoms with E-state index in [4.69, 9.17) is 8.92 Å². The van der Waals surface area contributed by atoms with Gasteiger partial charge in [-0.1, -0.05) is 66.3 Å². The maximum atomic E-state index is 12.2. The summed E-state index contributed by atoms with van der Waals surface area (Å²) in [7, 11) is -5.40. The van der Waals surface area contributed by atoms with Crippen LogP contribution >= 0.6 is 0 Å². The third-order valence-corrected chi connectivity index (χ3v) is 9.84. The molecule has 1 aliphatic rings. The molecule has 1 aliphatic heterocycles. The summed E-state index contributed by atoms with van der Waals surface area (Å²) in [6.45, 7) is 6.64. The van der Waals surface area contributed by atoms with Crippen molar-refractivity contribution in [3.8, 4) is 0 Å². The number of aryl methyl sites for hydroxylation is 1. The third-order valence-electron chi connectivity index (χ3n) is 4.76. The molecule has 1 heterocycles. The molecule has 6 heteroatoms.